The fourth-order valence-corrected chi connectivity index (χ4v) is 2.91. The Labute approximate surface area is 197 Å². The maximum absolute atomic E-state index is 10.9. The van der Waals surface area contributed by atoms with Gasteiger partial charge >= 0.3 is 35.5 Å². The monoisotopic (exact) mass is 421 g/mol. The molecule has 0 aliphatic carbocycles. The number of nitrogens with one attached hydrogen (secondary N) is 1. The Balaban J connectivity index is 0.00000210. The summed E-state index contributed by atoms with van der Waals surface area (Å²) in [5.41, 5.74) is 4.26. The van der Waals surface area contributed by atoms with E-state index in [1.54, 1.807) is 24.3 Å². The zero-order chi connectivity index (χ0) is 19.2. The molecule has 0 saturated carbocycles. The van der Waals surface area contributed by atoms with E-state index in [4.69, 9.17) is 28.3 Å². The van der Waals surface area contributed by atoms with E-state index in [2.05, 4.69) is 11.4 Å². The number of benzene rings is 3. The molecule has 0 aliphatic rings. The average Bonchev–Trinajstić information content (AvgIpc) is 2.67. The molecule has 0 aromatic heterocycles. The second-order valence-electron chi connectivity index (χ2n) is 5.89. The topological polar surface area (TPSA) is 49.3 Å². The van der Waals surface area contributed by atoms with Gasteiger partial charge < -0.3 is 11.8 Å². The molecule has 0 saturated heterocycles. The molecule has 0 amide bonds. The van der Waals surface area contributed by atoms with Crippen LogP contribution in [-0.2, 0) is 0 Å². The number of carboxylic acids is 1. The SMILES string of the molecule is O=C(O)c1ccc(NCC=C(c2ccc(Cl)cc2)c2ccc(Cl)cc2)cc1.[H-].[Na+]. The quantitative estimate of drug-likeness (QED) is 0.600. The zero-order valence-corrected chi connectivity index (χ0v) is 18.8. The molecule has 0 radical (unpaired) electrons. The van der Waals surface area contributed by atoms with E-state index < -0.39 is 5.97 Å². The predicted molar refractivity (Wildman–Crippen MR) is 113 cm³/mol. The van der Waals surface area contributed by atoms with Gasteiger partial charge in [-0.05, 0) is 65.2 Å². The van der Waals surface area contributed by atoms with Crippen molar-refractivity contribution in [3.63, 3.8) is 0 Å². The molecule has 2 N–H and O–H groups in total. The number of aromatic carboxylic acids is 1. The predicted octanol–water partition coefficient (Wildman–Crippen LogP) is 3.35. The van der Waals surface area contributed by atoms with Crippen molar-refractivity contribution in [1.82, 2.24) is 0 Å². The molecule has 0 spiro atoms. The molecule has 0 fully saturated rings. The summed E-state index contributed by atoms with van der Waals surface area (Å²) in [7, 11) is 0. The summed E-state index contributed by atoms with van der Waals surface area (Å²) < 4.78 is 0. The van der Waals surface area contributed by atoms with Gasteiger partial charge in [0.05, 0.1) is 5.56 Å². The fourth-order valence-electron chi connectivity index (χ4n) is 2.66. The van der Waals surface area contributed by atoms with Gasteiger partial charge in [0.15, 0.2) is 0 Å². The van der Waals surface area contributed by atoms with E-state index in [-0.39, 0.29) is 36.5 Å². The number of rotatable bonds is 6. The minimum absolute atomic E-state index is 0. The molecule has 3 aromatic carbocycles. The molecular weight excluding hydrogens is 404 g/mol. The van der Waals surface area contributed by atoms with Crippen LogP contribution in [0.25, 0.3) is 5.57 Å². The van der Waals surface area contributed by atoms with E-state index in [9.17, 15) is 4.79 Å². The van der Waals surface area contributed by atoms with E-state index in [1.807, 2.05) is 48.5 Å². The van der Waals surface area contributed by atoms with Crippen LogP contribution in [0.2, 0.25) is 10.0 Å². The van der Waals surface area contributed by atoms with Gasteiger partial charge in [0.25, 0.3) is 0 Å². The molecule has 0 unspecified atom stereocenters. The van der Waals surface area contributed by atoms with Gasteiger partial charge in [-0.25, -0.2) is 4.79 Å². The van der Waals surface area contributed by atoms with Gasteiger partial charge in [-0.15, -0.1) is 0 Å². The van der Waals surface area contributed by atoms with Gasteiger partial charge in [0.2, 0.25) is 0 Å². The molecule has 3 nitrogen and oxygen atoms in total. The molecule has 0 atom stereocenters. The van der Waals surface area contributed by atoms with Crippen LogP contribution in [0.1, 0.15) is 22.9 Å². The molecule has 3 aromatic rings. The Hall–Kier alpha value is -1.75. The summed E-state index contributed by atoms with van der Waals surface area (Å²) in [6.45, 7) is 0.576. The van der Waals surface area contributed by atoms with Crippen molar-refractivity contribution in [3.05, 3.63) is 106 Å². The standard InChI is InChI=1S/C22H17Cl2NO2.Na.H/c23-18-7-1-15(2-8-18)21(16-3-9-19(24)10-4-16)13-14-25-20-11-5-17(6-12-20)22(26)27;;/h1-13,25H,14H2,(H,26,27);;/q;+1;-1. The molecule has 3 rings (SSSR count). The minimum atomic E-state index is -0.936. The van der Waals surface area contributed by atoms with Crippen molar-refractivity contribution in [1.29, 1.82) is 0 Å². The Bertz CT molecular complexity index is 912. The largest absolute Gasteiger partial charge is 1.00 e. The molecular formula is C22H18Cl2NNaO2. The van der Waals surface area contributed by atoms with E-state index in [1.165, 1.54) is 0 Å². The van der Waals surface area contributed by atoms with Crippen LogP contribution in [0.4, 0.5) is 5.69 Å². The van der Waals surface area contributed by atoms with Gasteiger partial charge in [0, 0.05) is 22.3 Å². The van der Waals surface area contributed by atoms with Gasteiger partial charge in [-0.3, -0.25) is 0 Å². The van der Waals surface area contributed by atoms with Crippen LogP contribution in [0.15, 0.2) is 78.9 Å². The van der Waals surface area contributed by atoms with Crippen LogP contribution in [0.3, 0.4) is 0 Å². The van der Waals surface area contributed by atoms with Gasteiger partial charge in [-0.2, -0.15) is 0 Å². The Kier molecular flexibility index (Phi) is 8.61. The molecule has 138 valence electrons. The molecule has 0 heterocycles. The summed E-state index contributed by atoms with van der Waals surface area (Å²) in [6, 6.07) is 22.0. The third kappa shape index (κ3) is 6.13. The van der Waals surface area contributed by atoms with Crippen LogP contribution >= 0.6 is 23.2 Å². The maximum Gasteiger partial charge on any atom is 1.00 e. The molecule has 6 heteroatoms. The normalized spacial score (nSPS) is 9.93. The number of hydrogen-bond donors (Lipinski definition) is 2. The van der Waals surface area contributed by atoms with Crippen molar-refractivity contribution in [3.8, 4) is 0 Å². The van der Waals surface area contributed by atoms with Crippen LogP contribution in [-0.4, -0.2) is 17.6 Å². The first-order valence-corrected chi connectivity index (χ1v) is 9.08. The molecule has 28 heavy (non-hydrogen) atoms. The molecule has 0 aliphatic heterocycles. The summed E-state index contributed by atoms with van der Waals surface area (Å²) >= 11 is 12.0. The van der Waals surface area contributed by atoms with Crippen LogP contribution in [0.5, 0.6) is 0 Å². The smallest absolute Gasteiger partial charge is 1.00 e. The van der Waals surface area contributed by atoms with E-state index in [0.717, 1.165) is 22.4 Å². The van der Waals surface area contributed by atoms with Crippen molar-refractivity contribution < 1.29 is 40.9 Å². The van der Waals surface area contributed by atoms with Gasteiger partial charge in [-0.1, -0.05) is 53.5 Å². The average molecular weight is 422 g/mol. The first-order valence-electron chi connectivity index (χ1n) is 8.32. The summed E-state index contributed by atoms with van der Waals surface area (Å²) in [5, 5.41) is 13.6. The minimum Gasteiger partial charge on any atom is -1.00 e. The van der Waals surface area contributed by atoms with Crippen LogP contribution in [0, 0.1) is 0 Å². The number of hydrogen-bond acceptors (Lipinski definition) is 2. The first kappa shape index (κ1) is 22.5. The van der Waals surface area contributed by atoms with Crippen molar-refractivity contribution in [2.24, 2.45) is 0 Å². The summed E-state index contributed by atoms with van der Waals surface area (Å²) in [5.74, 6) is -0.936. The number of anilines is 1. The first-order chi connectivity index (χ1) is 13.0. The Morgan fingerprint density at radius 1 is 0.821 bits per heavy atom. The summed E-state index contributed by atoms with van der Waals surface area (Å²) in [4.78, 5) is 10.9. The Morgan fingerprint density at radius 2 is 1.25 bits per heavy atom. The second-order valence-corrected chi connectivity index (χ2v) is 6.77. The van der Waals surface area contributed by atoms with Crippen molar-refractivity contribution in [2.75, 3.05) is 11.9 Å². The van der Waals surface area contributed by atoms with Crippen molar-refractivity contribution >= 4 is 40.4 Å². The molecule has 0 bridgehead atoms. The number of carboxylic acid groups (broad SMARTS) is 1. The third-order valence-electron chi connectivity index (χ3n) is 4.05. The van der Waals surface area contributed by atoms with Crippen molar-refractivity contribution in [2.45, 2.75) is 0 Å². The zero-order valence-electron chi connectivity index (χ0n) is 16.3. The van der Waals surface area contributed by atoms with Crippen LogP contribution < -0.4 is 34.9 Å². The van der Waals surface area contributed by atoms with E-state index >= 15 is 0 Å². The maximum atomic E-state index is 10.9. The fraction of sp³-hybridized carbons (Fsp3) is 0.0455. The third-order valence-corrected chi connectivity index (χ3v) is 4.56. The second kappa shape index (κ2) is 10.7. The van der Waals surface area contributed by atoms with Gasteiger partial charge in [0.1, 0.15) is 0 Å². The summed E-state index contributed by atoms with van der Waals surface area (Å²) in [6.07, 6.45) is 2.08. The van der Waals surface area contributed by atoms with E-state index in [0.29, 0.717) is 16.6 Å². The Morgan fingerprint density at radius 3 is 1.68 bits per heavy atom. The number of carbonyl (C=O) groups is 1. The number of halogens is 2.